The summed E-state index contributed by atoms with van der Waals surface area (Å²) in [6.45, 7) is 4.31. The van der Waals surface area contributed by atoms with Crippen molar-refractivity contribution < 1.29 is 9.59 Å². The first-order chi connectivity index (χ1) is 7.24. The second-order valence-corrected chi connectivity index (χ2v) is 3.39. The van der Waals surface area contributed by atoms with Crippen LogP contribution in [-0.2, 0) is 9.59 Å². The van der Waals surface area contributed by atoms with Gasteiger partial charge >= 0.3 is 0 Å². The summed E-state index contributed by atoms with van der Waals surface area (Å²) >= 11 is 0. The van der Waals surface area contributed by atoms with Gasteiger partial charge in [0.25, 0.3) is 0 Å². The van der Waals surface area contributed by atoms with E-state index < -0.39 is 0 Å². The molecule has 0 saturated heterocycles. The van der Waals surface area contributed by atoms with Gasteiger partial charge in [-0.2, -0.15) is 0 Å². The molecule has 0 aromatic rings. The molecule has 0 rings (SSSR count). The van der Waals surface area contributed by atoms with Crippen molar-refractivity contribution in [3.05, 3.63) is 0 Å². The zero-order chi connectivity index (χ0) is 11.5. The number of hydrogen-bond acceptors (Lipinski definition) is 4. The van der Waals surface area contributed by atoms with Gasteiger partial charge in [-0.15, -0.1) is 0 Å². The van der Waals surface area contributed by atoms with E-state index in [0.717, 1.165) is 19.1 Å². The van der Waals surface area contributed by atoms with Crippen molar-refractivity contribution in [2.24, 2.45) is 5.73 Å². The Bertz CT molecular complexity index is 186. The summed E-state index contributed by atoms with van der Waals surface area (Å²) in [5.74, 6) is -0.0428. The molecule has 0 aromatic heterocycles. The van der Waals surface area contributed by atoms with Crippen molar-refractivity contribution >= 4 is 12.2 Å². The molecule has 15 heavy (non-hydrogen) atoms. The summed E-state index contributed by atoms with van der Waals surface area (Å²) < 4.78 is 0. The molecule has 0 atom stereocenters. The Kier molecular flexibility index (Phi) is 9.01. The van der Waals surface area contributed by atoms with E-state index in [2.05, 4.69) is 12.2 Å². The van der Waals surface area contributed by atoms with Crippen LogP contribution in [0.25, 0.3) is 0 Å². The highest BCUT2D eigenvalue weighted by molar-refractivity contribution is 5.78. The average molecular weight is 215 g/mol. The van der Waals surface area contributed by atoms with Crippen molar-refractivity contribution in [3.8, 4) is 0 Å². The number of unbranched alkanes of at least 4 members (excludes halogenated alkanes) is 1. The fourth-order valence-electron chi connectivity index (χ4n) is 1.19. The standard InChI is InChI=1S/C10H21N3O2/c1-2-3-5-12-10(15)9-13(6-4-11)7-8-14/h8H,2-7,9,11H2,1H3,(H,12,15). The average Bonchev–Trinajstić information content (AvgIpc) is 2.19. The first-order valence-electron chi connectivity index (χ1n) is 5.37. The number of hydrogen-bond donors (Lipinski definition) is 2. The van der Waals surface area contributed by atoms with E-state index in [1.54, 1.807) is 4.90 Å². The monoisotopic (exact) mass is 215 g/mol. The number of carbonyl (C=O) groups excluding carboxylic acids is 2. The van der Waals surface area contributed by atoms with Crippen LogP contribution >= 0.6 is 0 Å². The minimum absolute atomic E-state index is 0.0428. The number of carbonyl (C=O) groups is 2. The van der Waals surface area contributed by atoms with Gasteiger partial charge in [-0.1, -0.05) is 13.3 Å². The van der Waals surface area contributed by atoms with E-state index in [9.17, 15) is 9.59 Å². The van der Waals surface area contributed by atoms with E-state index in [4.69, 9.17) is 5.73 Å². The minimum Gasteiger partial charge on any atom is -0.355 e. The Balaban J connectivity index is 3.72. The van der Waals surface area contributed by atoms with Crippen LogP contribution in [-0.4, -0.2) is 49.8 Å². The minimum atomic E-state index is -0.0428. The van der Waals surface area contributed by atoms with Crippen molar-refractivity contribution in [2.45, 2.75) is 19.8 Å². The van der Waals surface area contributed by atoms with Crippen LogP contribution in [0.4, 0.5) is 0 Å². The highest BCUT2D eigenvalue weighted by Crippen LogP contribution is 1.86. The van der Waals surface area contributed by atoms with Gasteiger partial charge < -0.3 is 15.8 Å². The maximum absolute atomic E-state index is 11.4. The molecule has 1 amide bonds. The van der Waals surface area contributed by atoms with E-state index in [1.165, 1.54) is 0 Å². The lowest BCUT2D eigenvalue weighted by molar-refractivity contribution is -0.122. The Hall–Kier alpha value is -0.940. The lowest BCUT2D eigenvalue weighted by Crippen LogP contribution is -2.40. The molecule has 0 aliphatic carbocycles. The molecule has 88 valence electrons. The van der Waals surface area contributed by atoms with Gasteiger partial charge in [-0.05, 0) is 6.42 Å². The lowest BCUT2D eigenvalue weighted by atomic mass is 10.3. The van der Waals surface area contributed by atoms with Crippen molar-refractivity contribution in [1.29, 1.82) is 0 Å². The number of nitrogens with one attached hydrogen (secondary N) is 1. The summed E-state index contributed by atoms with van der Waals surface area (Å²) in [5.41, 5.74) is 5.37. The lowest BCUT2D eigenvalue weighted by Gasteiger charge is -2.17. The van der Waals surface area contributed by atoms with E-state index in [-0.39, 0.29) is 19.0 Å². The number of rotatable bonds is 9. The van der Waals surface area contributed by atoms with E-state index >= 15 is 0 Å². The van der Waals surface area contributed by atoms with Crippen LogP contribution in [0.1, 0.15) is 19.8 Å². The highest BCUT2D eigenvalue weighted by atomic mass is 16.2. The number of nitrogens with two attached hydrogens (primary N) is 1. The Labute approximate surface area is 91.0 Å². The SMILES string of the molecule is CCCCNC(=O)CN(CC=O)CCN. The third-order valence-electron chi connectivity index (χ3n) is 2.00. The molecule has 0 fully saturated rings. The van der Waals surface area contributed by atoms with Crippen LogP contribution in [0, 0.1) is 0 Å². The predicted molar refractivity (Wildman–Crippen MR) is 59.5 cm³/mol. The van der Waals surface area contributed by atoms with Crippen molar-refractivity contribution in [2.75, 3.05) is 32.7 Å². The highest BCUT2D eigenvalue weighted by Gasteiger charge is 2.08. The number of nitrogens with zero attached hydrogens (tertiary/aromatic N) is 1. The summed E-state index contributed by atoms with van der Waals surface area (Å²) in [4.78, 5) is 23.4. The molecule has 0 radical (unpaired) electrons. The van der Waals surface area contributed by atoms with Gasteiger partial charge in [0.05, 0.1) is 13.1 Å². The maximum Gasteiger partial charge on any atom is 0.234 e. The van der Waals surface area contributed by atoms with Gasteiger partial charge in [0.15, 0.2) is 0 Å². The van der Waals surface area contributed by atoms with Gasteiger partial charge in [0.1, 0.15) is 6.29 Å². The quantitative estimate of drug-likeness (QED) is 0.396. The second-order valence-electron chi connectivity index (χ2n) is 3.39. The number of aldehydes is 1. The molecule has 3 N–H and O–H groups in total. The molecule has 0 spiro atoms. The second kappa shape index (κ2) is 9.61. The molecule has 0 saturated carbocycles. The first kappa shape index (κ1) is 14.1. The van der Waals surface area contributed by atoms with E-state index in [0.29, 0.717) is 19.6 Å². The third kappa shape index (κ3) is 8.08. The van der Waals surface area contributed by atoms with Crippen molar-refractivity contribution in [1.82, 2.24) is 10.2 Å². The smallest absolute Gasteiger partial charge is 0.234 e. The van der Waals surface area contributed by atoms with Gasteiger partial charge in [-0.25, -0.2) is 0 Å². The van der Waals surface area contributed by atoms with Crippen LogP contribution in [0.3, 0.4) is 0 Å². The van der Waals surface area contributed by atoms with Gasteiger partial charge in [-0.3, -0.25) is 9.69 Å². The molecule has 5 nitrogen and oxygen atoms in total. The summed E-state index contributed by atoms with van der Waals surface area (Å²) in [5, 5.41) is 2.79. The zero-order valence-electron chi connectivity index (χ0n) is 9.37. The Morgan fingerprint density at radius 1 is 1.53 bits per heavy atom. The molecular formula is C10H21N3O2. The normalized spacial score (nSPS) is 10.3. The Morgan fingerprint density at radius 3 is 2.80 bits per heavy atom. The number of amides is 1. The fraction of sp³-hybridized carbons (Fsp3) is 0.800. The van der Waals surface area contributed by atoms with Crippen LogP contribution in [0.5, 0.6) is 0 Å². The molecule has 0 aliphatic heterocycles. The molecule has 0 aromatic carbocycles. The molecular weight excluding hydrogens is 194 g/mol. The molecule has 0 aliphatic rings. The molecule has 0 bridgehead atoms. The van der Waals surface area contributed by atoms with E-state index in [1.807, 2.05) is 0 Å². The molecule has 0 unspecified atom stereocenters. The topological polar surface area (TPSA) is 75.4 Å². The first-order valence-corrected chi connectivity index (χ1v) is 5.37. The third-order valence-corrected chi connectivity index (χ3v) is 2.00. The largest absolute Gasteiger partial charge is 0.355 e. The maximum atomic E-state index is 11.4. The Morgan fingerprint density at radius 2 is 2.27 bits per heavy atom. The van der Waals surface area contributed by atoms with Gasteiger partial charge in [0.2, 0.25) is 5.91 Å². The predicted octanol–water partition coefficient (Wildman–Crippen LogP) is -0.638. The summed E-state index contributed by atoms with van der Waals surface area (Å²) in [7, 11) is 0. The van der Waals surface area contributed by atoms with Crippen LogP contribution < -0.4 is 11.1 Å². The van der Waals surface area contributed by atoms with Crippen LogP contribution in [0.15, 0.2) is 0 Å². The summed E-state index contributed by atoms with van der Waals surface area (Å²) in [6.07, 6.45) is 2.83. The van der Waals surface area contributed by atoms with Crippen LogP contribution in [0.2, 0.25) is 0 Å². The summed E-state index contributed by atoms with van der Waals surface area (Å²) in [6, 6.07) is 0. The zero-order valence-corrected chi connectivity index (χ0v) is 9.37. The molecule has 5 heteroatoms. The van der Waals surface area contributed by atoms with Crippen molar-refractivity contribution in [3.63, 3.8) is 0 Å². The molecule has 0 heterocycles. The van der Waals surface area contributed by atoms with Gasteiger partial charge in [0, 0.05) is 19.6 Å². The fourth-order valence-corrected chi connectivity index (χ4v) is 1.19.